The van der Waals surface area contributed by atoms with Gasteiger partial charge in [-0.05, 0) is 36.4 Å². The highest BCUT2D eigenvalue weighted by Gasteiger charge is 2.18. The molecule has 0 aliphatic rings. The second kappa shape index (κ2) is 7.17. The predicted molar refractivity (Wildman–Crippen MR) is 110 cm³/mol. The molecule has 0 radical (unpaired) electrons. The number of nitrogens with one attached hydrogen (secondary N) is 1. The van der Waals surface area contributed by atoms with Crippen molar-refractivity contribution in [2.45, 2.75) is 0 Å². The van der Waals surface area contributed by atoms with Gasteiger partial charge in [0.2, 0.25) is 0 Å². The topological polar surface area (TPSA) is 57.6 Å². The number of aliphatic imine (C=N–C) groups is 1. The van der Waals surface area contributed by atoms with Crippen LogP contribution in [0.5, 0.6) is 11.6 Å². The molecule has 2 N–H and O–H groups in total. The summed E-state index contributed by atoms with van der Waals surface area (Å²) in [6.07, 6.45) is 0. The van der Waals surface area contributed by atoms with Gasteiger partial charge in [0.1, 0.15) is 5.75 Å². The molecular formula is C22H17ClN2O2. The average Bonchev–Trinajstić information content (AvgIpc) is 3.02. The molecule has 0 unspecified atom stereocenters. The molecule has 3 aromatic carbocycles. The highest BCUT2D eigenvalue weighted by Crippen LogP contribution is 2.33. The van der Waals surface area contributed by atoms with E-state index in [2.05, 4.69) is 4.98 Å². The Morgan fingerprint density at radius 1 is 1.00 bits per heavy atom. The van der Waals surface area contributed by atoms with Gasteiger partial charge < -0.3 is 14.8 Å². The standard InChI is InChI=1S/C22H17ClN2O2/c1-27-17-10-8-16(9-11-17)24-21(14-5-3-2-4-6-14)20-18-12-7-15(23)13-19(18)25-22(20)26/h2-13,25-26H,1H3. The van der Waals surface area contributed by atoms with Gasteiger partial charge in [0, 0.05) is 16.0 Å². The molecule has 0 saturated carbocycles. The molecule has 134 valence electrons. The molecule has 0 aliphatic carbocycles. The molecule has 1 aromatic heterocycles. The largest absolute Gasteiger partial charge is 0.497 e. The Labute approximate surface area is 161 Å². The van der Waals surface area contributed by atoms with Crippen molar-refractivity contribution in [1.29, 1.82) is 0 Å². The zero-order valence-corrected chi connectivity index (χ0v) is 15.4. The molecule has 0 aliphatic heterocycles. The van der Waals surface area contributed by atoms with Gasteiger partial charge >= 0.3 is 0 Å². The predicted octanol–water partition coefficient (Wildman–Crippen LogP) is 5.70. The number of aromatic amines is 1. The Balaban J connectivity index is 1.94. The molecule has 4 rings (SSSR count). The lowest BCUT2D eigenvalue weighted by molar-refractivity contribution is 0.415. The molecule has 0 bridgehead atoms. The highest BCUT2D eigenvalue weighted by molar-refractivity contribution is 6.31. The summed E-state index contributed by atoms with van der Waals surface area (Å²) >= 11 is 6.09. The van der Waals surface area contributed by atoms with Gasteiger partial charge in [0.25, 0.3) is 0 Å². The maximum Gasteiger partial charge on any atom is 0.199 e. The number of hydrogen-bond acceptors (Lipinski definition) is 3. The van der Waals surface area contributed by atoms with Crippen molar-refractivity contribution in [3.05, 3.63) is 88.9 Å². The summed E-state index contributed by atoms with van der Waals surface area (Å²) in [5.41, 5.74) is 3.74. The van der Waals surface area contributed by atoms with Gasteiger partial charge in [-0.2, -0.15) is 0 Å². The summed E-state index contributed by atoms with van der Waals surface area (Å²) in [5, 5.41) is 12.1. The number of nitrogens with zero attached hydrogens (tertiary/aromatic N) is 1. The van der Waals surface area contributed by atoms with Crippen LogP contribution in [0, 0.1) is 0 Å². The van der Waals surface area contributed by atoms with E-state index in [0.717, 1.165) is 27.9 Å². The zero-order valence-electron chi connectivity index (χ0n) is 14.6. The van der Waals surface area contributed by atoms with Crippen molar-refractivity contribution in [2.24, 2.45) is 4.99 Å². The lowest BCUT2D eigenvalue weighted by atomic mass is 10.0. The van der Waals surface area contributed by atoms with E-state index >= 15 is 0 Å². The average molecular weight is 377 g/mol. The smallest absolute Gasteiger partial charge is 0.199 e. The number of hydrogen-bond donors (Lipinski definition) is 2. The first-order chi connectivity index (χ1) is 13.2. The normalized spacial score (nSPS) is 11.7. The molecule has 1 heterocycles. The van der Waals surface area contributed by atoms with Gasteiger partial charge in [-0.15, -0.1) is 0 Å². The molecule has 27 heavy (non-hydrogen) atoms. The first kappa shape index (κ1) is 17.2. The minimum absolute atomic E-state index is 0.0587. The minimum Gasteiger partial charge on any atom is -0.497 e. The van der Waals surface area contributed by atoms with Gasteiger partial charge in [-0.3, -0.25) is 0 Å². The van der Waals surface area contributed by atoms with E-state index in [1.165, 1.54) is 0 Å². The SMILES string of the molecule is COc1ccc(N=C(c2ccccc2)c2c(O)[nH]c3cc(Cl)ccc23)cc1. The second-order valence-corrected chi connectivity index (χ2v) is 6.50. The van der Waals surface area contributed by atoms with Crippen molar-refractivity contribution in [3.63, 3.8) is 0 Å². The Bertz CT molecular complexity index is 1120. The second-order valence-electron chi connectivity index (χ2n) is 6.06. The van der Waals surface area contributed by atoms with E-state index in [1.54, 1.807) is 19.2 Å². The van der Waals surface area contributed by atoms with Crippen molar-refractivity contribution in [2.75, 3.05) is 7.11 Å². The summed E-state index contributed by atoms with van der Waals surface area (Å²) in [6, 6.07) is 22.7. The molecule has 5 heteroatoms. The Kier molecular flexibility index (Phi) is 4.57. The molecule has 4 nitrogen and oxygen atoms in total. The molecule has 0 amide bonds. The fourth-order valence-electron chi connectivity index (χ4n) is 3.04. The van der Waals surface area contributed by atoms with Crippen molar-refractivity contribution < 1.29 is 9.84 Å². The number of aromatic hydroxyl groups is 1. The molecule has 0 atom stereocenters. The van der Waals surface area contributed by atoms with E-state index in [4.69, 9.17) is 21.3 Å². The van der Waals surface area contributed by atoms with E-state index in [9.17, 15) is 5.11 Å². The van der Waals surface area contributed by atoms with Crippen LogP contribution in [0.4, 0.5) is 5.69 Å². The summed E-state index contributed by atoms with van der Waals surface area (Å²) in [5.74, 6) is 0.822. The third-order valence-electron chi connectivity index (χ3n) is 4.34. The number of ether oxygens (including phenoxy) is 1. The van der Waals surface area contributed by atoms with Gasteiger partial charge in [0.15, 0.2) is 5.88 Å². The maximum atomic E-state index is 10.6. The van der Waals surface area contributed by atoms with Crippen molar-refractivity contribution in [3.8, 4) is 11.6 Å². The molecule has 0 fully saturated rings. The number of halogens is 1. The molecule has 4 aromatic rings. The van der Waals surface area contributed by atoms with Gasteiger partial charge in [0.05, 0.1) is 29.6 Å². The quantitative estimate of drug-likeness (QED) is 0.448. The summed E-state index contributed by atoms with van der Waals surface area (Å²) in [6.45, 7) is 0. The highest BCUT2D eigenvalue weighted by atomic mass is 35.5. The summed E-state index contributed by atoms with van der Waals surface area (Å²) in [7, 11) is 1.63. The first-order valence-corrected chi connectivity index (χ1v) is 8.82. The van der Waals surface area contributed by atoms with Crippen LogP contribution in [0.3, 0.4) is 0 Å². The van der Waals surface area contributed by atoms with Gasteiger partial charge in [-0.25, -0.2) is 4.99 Å². The monoisotopic (exact) mass is 376 g/mol. The van der Waals surface area contributed by atoms with E-state index in [1.807, 2.05) is 60.7 Å². The van der Waals surface area contributed by atoms with Crippen LogP contribution in [0.25, 0.3) is 10.9 Å². The van der Waals surface area contributed by atoms with Crippen LogP contribution in [0.2, 0.25) is 5.02 Å². The number of fused-ring (bicyclic) bond motifs is 1. The van der Waals surface area contributed by atoms with Crippen LogP contribution in [-0.2, 0) is 0 Å². The van der Waals surface area contributed by atoms with Crippen LogP contribution in [0.15, 0.2) is 77.8 Å². The zero-order chi connectivity index (χ0) is 18.8. The Morgan fingerprint density at radius 2 is 1.74 bits per heavy atom. The number of H-pyrrole nitrogens is 1. The van der Waals surface area contributed by atoms with Gasteiger partial charge in [-0.1, -0.05) is 48.0 Å². The lowest BCUT2D eigenvalue weighted by Gasteiger charge is -2.08. The van der Waals surface area contributed by atoms with E-state index in [-0.39, 0.29) is 5.88 Å². The third-order valence-corrected chi connectivity index (χ3v) is 4.57. The van der Waals surface area contributed by atoms with E-state index < -0.39 is 0 Å². The van der Waals surface area contributed by atoms with E-state index in [0.29, 0.717) is 16.3 Å². The molecule has 0 saturated heterocycles. The number of benzene rings is 3. The fourth-order valence-corrected chi connectivity index (χ4v) is 3.21. The van der Waals surface area contributed by atoms with Crippen LogP contribution < -0.4 is 4.74 Å². The van der Waals surface area contributed by atoms with Crippen LogP contribution >= 0.6 is 11.6 Å². The molecule has 0 spiro atoms. The van der Waals surface area contributed by atoms with Crippen molar-refractivity contribution in [1.82, 2.24) is 4.98 Å². The van der Waals surface area contributed by atoms with Crippen LogP contribution in [-0.4, -0.2) is 22.9 Å². The third kappa shape index (κ3) is 3.39. The number of rotatable bonds is 4. The molecular weight excluding hydrogens is 360 g/mol. The summed E-state index contributed by atoms with van der Waals surface area (Å²) < 4.78 is 5.21. The Morgan fingerprint density at radius 3 is 2.44 bits per heavy atom. The first-order valence-electron chi connectivity index (χ1n) is 8.44. The maximum absolute atomic E-state index is 10.6. The fraction of sp³-hybridized carbons (Fsp3) is 0.0455. The van der Waals surface area contributed by atoms with Crippen molar-refractivity contribution >= 4 is 33.9 Å². The summed E-state index contributed by atoms with van der Waals surface area (Å²) in [4.78, 5) is 7.82. The number of aromatic nitrogens is 1. The number of methoxy groups -OCH3 is 1. The Hall–Kier alpha value is -3.24. The lowest BCUT2D eigenvalue weighted by Crippen LogP contribution is -2.02. The minimum atomic E-state index is 0.0587. The van der Waals surface area contributed by atoms with Crippen LogP contribution in [0.1, 0.15) is 11.1 Å².